The zero-order valence-electron chi connectivity index (χ0n) is 8.74. The van der Waals surface area contributed by atoms with Gasteiger partial charge in [0.15, 0.2) is 5.90 Å². The Morgan fingerprint density at radius 3 is 2.40 bits per heavy atom. The van der Waals surface area contributed by atoms with Crippen LogP contribution in [-0.2, 0) is 16.0 Å². The first-order chi connectivity index (χ1) is 7.11. The van der Waals surface area contributed by atoms with Crippen molar-refractivity contribution in [1.29, 1.82) is 5.41 Å². The SMILES string of the molecule is COc1ccc(CC(=O)OC(C)=N)cc1. The van der Waals surface area contributed by atoms with Crippen LogP contribution in [0.1, 0.15) is 12.5 Å². The van der Waals surface area contributed by atoms with Crippen LogP contribution in [0.3, 0.4) is 0 Å². The third-order valence-corrected chi connectivity index (χ3v) is 1.77. The molecule has 0 heterocycles. The standard InChI is InChI=1S/C11H13NO3/c1-8(12)15-11(13)7-9-3-5-10(14-2)6-4-9/h3-6,12H,7H2,1-2H3. The van der Waals surface area contributed by atoms with Gasteiger partial charge >= 0.3 is 5.97 Å². The zero-order chi connectivity index (χ0) is 11.3. The Morgan fingerprint density at radius 2 is 1.93 bits per heavy atom. The lowest BCUT2D eigenvalue weighted by Crippen LogP contribution is -2.10. The topological polar surface area (TPSA) is 59.4 Å². The van der Waals surface area contributed by atoms with E-state index in [0.717, 1.165) is 11.3 Å². The lowest BCUT2D eigenvalue weighted by Gasteiger charge is -2.03. The summed E-state index contributed by atoms with van der Waals surface area (Å²) in [5.74, 6) is 0.233. The third kappa shape index (κ3) is 3.81. The lowest BCUT2D eigenvalue weighted by molar-refractivity contribution is -0.134. The molecule has 0 saturated heterocycles. The van der Waals surface area contributed by atoms with Gasteiger partial charge in [-0.3, -0.25) is 10.2 Å². The maximum atomic E-state index is 11.2. The molecule has 0 saturated carbocycles. The Bertz CT molecular complexity index is 357. The maximum Gasteiger partial charge on any atom is 0.316 e. The van der Waals surface area contributed by atoms with Crippen LogP contribution in [0.2, 0.25) is 0 Å². The number of nitrogens with one attached hydrogen (secondary N) is 1. The molecule has 0 atom stereocenters. The molecule has 0 radical (unpaired) electrons. The van der Waals surface area contributed by atoms with Crippen molar-refractivity contribution in [2.24, 2.45) is 0 Å². The minimum atomic E-state index is -0.423. The molecule has 0 aromatic heterocycles. The van der Waals surface area contributed by atoms with Gasteiger partial charge in [-0.05, 0) is 17.7 Å². The molecule has 0 fully saturated rings. The molecule has 4 heteroatoms. The first kappa shape index (κ1) is 11.2. The lowest BCUT2D eigenvalue weighted by atomic mass is 10.1. The van der Waals surface area contributed by atoms with Crippen molar-refractivity contribution in [2.75, 3.05) is 7.11 Å². The number of esters is 1. The molecule has 0 spiro atoms. The molecule has 0 aliphatic rings. The van der Waals surface area contributed by atoms with E-state index in [2.05, 4.69) is 4.74 Å². The van der Waals surface area contributed by atoms with Crippen LogP contribution >= 0.6 is 0 Å². The molecule has 15 heavy (non-hydrogen) atoms. The zero-order valence-corrected chi connectivity index (χ0v) is 8.74. The quantitative estimate of drug-likeness (QED) is 0.467. The molecule has 1 aromatic carbocycles. The Balaban J connectivity index is 2.57. The van der Waals surface area contributed by atoms with E-state index in [0.29, 0.717) is 0 Å². The average Bonchev–Trinajstić information content (AvgIpc) is 2.17. The summed E-state index contributed by atoms with van der Waals surface area (Å²) >= 11 is 0. The third-order valence-electron chi connectivity index (χ3n) is 1.77. The van der Waals surface area contributed by atoms with Crippen molar-refractivity contribution in [3.8, 4) is 5.75 Å². The Labute approximate surface area is 88.3 Å². The predicted molar refractivity (Wildman–Crippen MR) is 56.2 cm³/mol. The molecular formula is C11H13NO3. The Hall–Kier alpha value is -1.84. The van der Waals surface area contributed by atoms with Gasteiger partial charge in [0.05, 0.1) is 13.5 Å². The van der Waals surface area contributed by atoms with E-state index in [-0.39, 0.29) is 12.3 Å². The van der Waals surface area contributed by atoms with Gasteiger partial charge in [-0.2, -0.15) is 0 Å². The molecule has 1 rings (SSSR count). The van der Waals surface area contributed by atoms with Gasteiger partial charge in [0, 0.05) is 6.92 Å². The van der Waals surface area contributed by atoms with Crippen molar-refractivity contribution < 1.29 is 14.3 Å². The van der Waals surface area contributed by atoms with Gasteiger partial charge in [0.2, 0.25) is 0 Å². The summed E-state index contributed by atoms with van der Waals surface area (Å²) in [6, 6.07) is 7.14. The second-order valence-corrected chi connectivity index (χ2v) is 3.06. The van der Waals surface area contributed by atoms with E-state index in [1.807, 2.05) is 0 Å². The Morgan fingerprint density at radius 1 is 1.33 bits per heavy atom. The van der Waals surface area contributed by atoms with E-state index in [1.165, 1.54) is 6.92 Å². The summed E-state index contributed by atoms with van der Waals surface area (Å²) < 4.78 is 9.61. The summed E-state index contributed by atoms with van der Waals surface area (Å²) in [5.41, 5.74) is 0.835. The molecule has 4 nitrogen and oxygen atoms in total. The summed E-state index contributed by atoms with van der Waals surface area (Å²) in [5, 5.41) is 6.99. The van der Waals surface area contributed by atoms with E-state index in [1.54, 1.807) is 31.4 Å². The van der Waals surface area contributed by atoms with Gasteiger partial charge in [-0.25, -0.2) is 0 Å². The number of methoxy groups -OCH3 is 1. The van der Waals surface area contributed by atoms with Crippen LogP contribution in [0, 0.1) is 5.41 Å². The van der Waals surface area contributed by atoms with Crippen LogP contribution in [0.4, 0.5) is 0 Å². The van der Waals surface area contributed by atoms with Crippen molar-refractivity contribution >= 4 is 11.9 Å². The highest BCUT2D eigenvalue weighted by Gasteiger charge is 2.05. The van der Waals surface area contributed by atoms with Crippen molar-refractivity contribution in [1.82, 2.24) is 0 Å². The summed E-state index contributed by atoms with van der Waals surface area (Å²) in [6.45, 7) is 1.42. The normalized spacial score (nSPS) is 9.47. The minimum Gasteiger partial charge on any atom is -0.497 e. The van der Waals surface area contributed by atoms with E-state index >= 15 is 0 Å². The minimum absolute atomic E-state index is 0.0893. The molecule has 1 aromatic rings. The number of carbonyl (C=O) groups excluding carboxylic acids is 1. The van der Waals surface area contributed by atoms with Crippen LogP contribution in [0.15, 0.2) is 24.3 Å². The number of ether oxygens (including phenoxy) is 2. The summed E-state index contributed by atoms with van der Waals surface area (Å²) in [4.78, 5) is 11.2. The smallest absolute Gasteiger partial charge is 0.316 e. The van der Waals surface area contributed by atoms with Gasteiger partial charge in [-0.15, -0.1) is 0 Å². The molecule has 0 amide bonds. The molecular weight excluding hydrogens is 194 g/mol. The van der Waals surface area contributed by atoms with Gasteiger partial charge in [0.1, 0.15) is 5.75 Å². The average molecular weight is 207 g/mol. The number of benzene rings is 1. The molecule has 1 N–H and O–H groups in total. The second-order valence-electron chi connectivity index (χ2n) is 3.06. The Kier molecular flexibility index (Phi) is 3.85. The number of hydrogen-bond acceptors (Lipinski definition) is 4. The first-order valence-electron chi connectivity index (χ1n) is 4.50. The van der Waals surface area contributed by atoms with E-state index in [9.17, 15) is 4.79 Å². The highest BCUT2D eigenvalue weighted by Crippen LogP contribution is 2.11. The number of carbonyl (C=O) groups is 1. The van der Waals surface area contributed by atoms with Gasteiger partial charge in [0.25, 0.3) is 0 Å². The first-order valence-corrected chi connectivity index (χ1v) is 4.50. The number of rotatable bonds is 3. The summed E-state index contributed by atoms with van der Waals surface area (Å²) in [6.07, 6.45) is 0.167. The van der Waals surface area contributed by atoms with Crippen LogP contribution < -0.4 is 4.74 Å². The van der Waals surface area contributed by atoms with Crippen molar-refractivity contribution in [2.45, 2.75) is 13.3 Å². The molecule has 0 aliphatic heterocycles. The monoisotopic (exact) mass is 207 g/mol. The predicted octanol–water partition coefficient (Wildman–Crippen LogP) is 1.78. The van der Waals surface area contributed by atoms with Gasteiger partial charge in [-0.1, -0.05) is 12.1 Å². The highest BCUT2D eigenvalue weighted by molar-refractivity contribution is 5.86. The van der Waals surface area contributed by atoms with Crippen molar-refractivity contribution in [3.05, 3.63) is 29.8 Å². The van der Waals surface area contributed by atoms with Crippen LogP contribution in [0.5, 0.6) is 5.75 Å². The highest BCUT2D eigenvalue weighted by atomic mass is 16.5. The van der Waals surface area contributed by atoms with Crippen LogP contribution in [-0.4, -0.2) is 19.0 Å². The summed E-state index contributed by atoms with van der Waals surface area (Å²) in [7, 11) is 1.59. The fraction of sp³-hybridized carbons (Fsp3) is 0.273. The second kappa shape index (κ2) is 5.14. The number of hydrogen-bond donors (Lipinski definition) is 1. The maximum absolute atomic E-state index is 11.2. The molecule has 0 bridgehead atoms. The fourth-order valence-electron chi connectivity index (χ4n) is 1.12. The molecule has 80 valence electrons. The molecule has 0 unspecified atom stereocenters. The fourth-order valence-corrected chi connectivity index (χ4v) is 1.12. The van der Waals surface area contributed by atoms with E-state index in [4.69, 9.17) is 10.1 Å². The molecule has 0 aliphatic carbocycles. The van der Waals surface area contributed by atoms with Crippen LogP contribution in [0.25, 0.3) is 0 Å². The van der Waals surface area contributed by atoms with Crippen molar-refractivity contribution in [3.63, 3.8) is 0 Å². The van der Waals surface area contributed by atoms with E-state index < -0.39 is 5.97 Å². The van der Waals surface area contributed by atoms with Gasteiger partial charge < -0.3 is 9.47 Å². The largest absolute Gasteiger partial charge is 0.497 e.